The van der Waals surface area contributed by atoms with Crippen LogP contribution in [-0.2, 0) is 11.8 Å². The van der Waals surface area contributed by atoms with Crippen LogP contribution < -0.4 is 10.1 Å². The summed E-state index contributed by atoms with van der Waals surface area (Å²) in [5, 5.41) is 20.0. The number of hydrogen-bond donors (Lipinski definition) is 1. The molecule has 0 saturated carbocycles. The molecule has 0 bridgehead atoms. The number of carbonyl (C=O) groups is 1. The van der Waals surface area contributed by atoms with Gasteiger partial charge in [-0.3, -0.25) is 4.79 Å². The van der Waals surface area contributed by atoms with Crippen molar-refractivity contribution in [3.05, 3.63) is 35.5 Å². The minimum atomic E-state index is -0.0833. The molecule has 1 aromatic carbocycles. The van der Waals surface area contributed by atoms with E-state index in [0.717, 1.165) is 22.4 Å². The highest BCUT2D eigenvalue weighted by atomic mass is 16.5. The van der Waals surface area contributed by atoms with Crippen molar-refractivity contribution in [3.63, 3.8) is 0 Å². The van der Waals surface area contributed by atoms with E-state index in [9.17, 15) is 10.1 Å². The monoisotopic (exact) mass is 350 g/mol. The van der Waals surface area contributed by atoms with E-state index >= 15 is 0 Å². The fourth-order valence-electron chi connectivity index (χ4n) is 2.61. The third-order valence-corrected chi connectivity index (χ3v) is 3.91. The van der Waals surface area contributed by atoms with Crippen molar-refractivity contribution >= 4 is 16.9 Å². The third kappa shape index (κ3) is 3.47. The molecular weight excluding hydrogens is 332 g/mol. The normalized spacial score (nSPS) is 10.5. The van der Waals surface area contributed by atoms with Gasteiger partial charge in [-0.25, -0.2) is 9.67 Å². The lowest BCUT2D eigenvalue weighted by Gasteiger charge is -2.11. The summed E-state index contributed by atoms with van der Waals surface area (Å²) in [6.45, 7) is 4.25. The molecule has 3 aromatic rings. The van der Waals surface area contributed by atoms with E-state index in [1.165, 1.54) is 6.92 Å². The van der Waals surface area contributed by atoms with Gasteiger partial charge >= 0.3 is 0 Å². The van der Waals surface area contributed by atoms with Gasteiger partial charge in [0.05, 0.1) is 17.8 Å². The smallest absolute Gasteiger partial charge is 0.216 e. The highest BCUT2D eigenvalue weighted by Gasteiger charge is 2.13. The van der Waals surface area contributed by atoms with E-state index in [1.54, 1.807) is 11.7 Å². The van der Waals surface area contributed by atoms with Crippen molar-refractivity contribution in [1.29, 1.82) is 5.26 Å². The predicted molar refractivity (Wildman–Crippen MR) is 95.4 cm³/mol. The van der Waals surface area contributed by atoms with Crippen molar-refractivity contribution < 1.29 is 9.53 Å². The first-order valence-corrected chi connectivity index (χ1v) is 8.08. The zero-order valence-electron chi connectivity index (χ0n) is 14.8. The molecule has 1 N–H and O–H groups in total. The highest BCUT2D eigenvalue weighted by molar-refractivity contribution is 5.83. The SMILES string of the molecule is CC(=O)NCCOc1ccc(-c2cc3c(nnn3C)c(C#N)n2)cc1C. The molecule has 2 aromatic heterocycles. The van der Waals surface area contributed by atoms with Crippen LogP contribution in [-0.4, -0.2) is 39.0 Å². The molecule has 1 amide bonds. The number of pyridine rings is 1. The van der Waals surface area contributed by atoms with Crippen LogP contribution in [0.15, 0.2) is 24.3 Å². The number of aryl methyl sites for hydroxylation is 2. The predicted octanol–water partition coefficient (Wildman–Crippen LogP) is 1.73. The van der Waals surface area contributed by atoms with Crippen molar-refractivity contribution in [2.45, 2.75) is 13.8 Å². The molecule has 0 radical (unpaired) electrons. The van der Waals surface area contributed by atoms with Crippen LogP contribution >= 0.6 is 0 Å². The lowest BCUT2D eigenvalue weighted by Crippen LogP contribution is -2.25. The van der Waals surface area contributed by atoms with Crippen LogP contribution in [0.4, 0.5) is 0 Å². The van der Waals surface area contributed by atoms with Crippen molar-refractivity contribution in [2.24, 2.45) is 7.05 Å². The lowest BCUT2D eigenvalue weighted by molar-refractivity contribution is -0.119. The third-order valence-electron chi connectivity index (χ3n) is 3.91. The summed E-state index contributed by atoms with van der Waals surface area (Å²) in [4.78, 5) is 15.3. The largest absolute Gasteiger partial charge is 0.491 e. The number of nitrogens with zero attached hydrogens (tertiary/aromatic N) is 5. The lowest BCUT2D eigenvalue weighted by atomic mass is 10.1. The molecule has 0 aliphatic rings. The Balaban J connectivity index is 1.87. The van der Waals surface area contributed by atoms with Crippen LogP contribution in [0.1, 0.15) is 18.2 Å². The van der Waals surface area contributed by atoms with E-state index in [4.69, 9.17) is 4.74 Å². The summed E-state index contributed by atoms with van der Waals surface area (Å²) in [6.07, 6.45) is 0. The number of rotatable bonds is 5. The summed E-state index contributed by atoms with van der Waals surface area (Å²) >= 11 is 0. The molecule has 0 aliphatic carbocycles. The standard InChI is InChI=1S/C18H18N6O2/c1-11-8-13(4-5-17(11)26-7-6-20-12(2)25)14-9-16-18(15(10-19)21-14)22-23-24(16)3/h4-5,8-9H,6-7H2,1-3H3,(H,20,25). The Morgan fingerprint density at radius 2 is 2.19 bits per heavy atom. The van der Waals surface area contributed by atoms with Crippen LogP contribution in [0.5, 0.6) is 5.75 Å². The zero-order chi connectivity index (χ0) is 18.7. The van der Waals surface area contributed by atoms with Gasteiger partial charge in [-0.05, 0) is 36.8 Å². The summed E-state index contributed by atoms with van der Waals surface area (Å²) in [6, 6.07) is 9.64. The fourth-order valence-corrected chi connectivity index (χ4v) is 2.61. The van der Waals surface area contributed by atoms with Crippen molar-refractivity contribution in [3.8, 4) is 23.1 Å². The van der Waals surface area contributed by atoms with Gasteiger partial charge in [0.15, 0.2) is 5.69 Å². The number of fused-ring (bicyclic) bond motifs is 1. The van der Waals surface area contributed by atoms with E-state index in [2.05, 4.69) is 26.7 Å². The maximum atomic E-state index is 10.9. The maximum Gasteiger partial charge on any atom is 0.216 e. The highest BCUT2D eigenvalue weighted by Crippen LogP contribution is 2.27. The Hall–Kier alpha value is -3.47. The number of amides is 1. The Bertz CT molecular complexity index is 1020. The number of nitriles is 1. The Morgan fingerprint density at radius 3 is 2.88 bits per heavy atom. The van der Waals surface area contributed by atoms with Gasteiger partial charge in [0.1, 0.15) is 23.9 Å². The van der Waals surface area contributed by atoms with Gasteiger partial charge in [-0.1, -0.05) is 5.21 Å². The summed E-state index contributed by atoms with van der Waals surface area (Å²) < 4.78 is 7.31. The summed E-state index contributed by atoms with van der Waals surface area (Å²) in [5.74, 6) is 0.656. The Morgan fingerprint density at radius 1 is 1.38 bits per heavy atom. The molecule has 0 atom stereocenters. The molecule has 0 aliphatic heterocycles. The second-order valence-electron chi connectivity index (χ2n) is 5.86. The molecule has 8 nitrogen and oxygen atoms in total. The van der Waals surface area contributed by atoms with Gasteiger partial charge in [0.25, 0.3) is 0 Å². The van der Waals surface area contributed by atoms with Gasteiger partial charge in [-0.2, -0.15) is 5.26 Å². The molecular formula is C18H18N6O2. The first-order chi connectivity index (χ1) is 12.5. The molecule has 0 spiro atoms. The maximum absolute atomic E-state index is 10.9. The van der Waals surface area contributed by atoms with Gasteiger partial charge in [0.2, 0.25) is 5.91 Å². The first-order valence-electron chi connectivity index (χ1n) is 8.08. The molecule has 0 saturated heterocycles. The summed E-state index contributed by atoms with van der Waals surface area (Å²) in [5.41, 5.74) is 3.98. The molecule has 132 valence electrons. The number of hydrogen-bond acceptors (Lipinski definition) is 6. The van der Waals surface area contributed by atoms with Gasteiger partial charge in [-0.15, -0.1) is 5.10 Å². The molecule has 8 heteroatoms. The topological polar surface area (TPSA) is 106 Å². The van der Waals surface area contributed by atoms with Gasteiger partial charge in [0, 0.05) is 19.5 Å². The first kappa shape index (κ1) is 17.4. The van der Waals surface area contributed by atoms with Crippen molar-refractivity contribution in [2.75, 3.05) is 13.2 Å². The Kier molecular flexibility index (Phi) is 4.80. The fraction of sp³-hybridized carbons (Fsp3) is 0.278. The number of carbonyl (C=O) groups excluding carboxylic acids is 1. The zero-order valence-corrected chi connectivity index (χ0v) is 14.8. The van der Waals surface area contributed by atoms with Crippen LogP contribution in [0.2, 0.25) is 0 Å². The minimum Gasteiger partial charge on any atom is -0.491 e. The molecule has 3 rings (SSSR count). The number of nitrogens with one attached hydrogen (secondary N) is 1. The molecule has 26 heavy (non-hydrogen) atoms. The van der Waals surface area contributed by atoms with Gasteiger partial charge < -0.3 is 10.1 Å². The Labute approximate surface area is 150 Å². The minimum absolute atomic E-state index is 0.0833. The van der Waals surface area contributed by atoms with Crippen LogP contribution in [0.25, 0.3) is 22.3 Å². The van der Waals surface area contributed by atoms with Crippen LogP contribution in [0.3, 0.4) is 0 Å². The second-order valence-corrected chi connectivity index (χ2v) is 5.86. The second kappa shape index (κ2) is 7.19. The summed E-state index contributed by atoms with van der Waals surface area (Å²) in [7, 11) is 1.78. The van der Waals surface area contributed by atoms with Crippen molar-refractivity contribution in [1.82, 2.24) is 25.3 Å². The average molecular weight is 350 g/mol. The number of aromatic nitrogens is 4. The number of benzene rings is 1. The average Bonchev–Trinajstić information content (AvgIpc) is 3.00. The van der Waals surface area contributed by atoms with E-state index in [-0.39, 0.29) is 11.6 Å². The molecule has 0 fully saturated rings. The quantitative estimate of drug-likeness (QED) is 0.703. The molecule has 2 heterocycles. The van der Waals surface area contributed by atoms with Crippen LogP contribution in [0, 0.1) is 18.3 Å². The number of ether oxygens (including phenoxy) is 1. The van der Waals surface area contributed by atoms with E-state index in [1.807, 2.05) is 31.2 Å². The van der Waals surface area contributed by atoms with E-state index < -0.39 is 0 Å². The molecule has 0 unspecified atom stereocenters. The van der Waals surface area contributed by atoms with E-state index in [0.29, 0.717) is 24.4 Å².